The lowest BCUT2D eigenvalue weighted by Gasteiger charge is -2.30. The minimum Gasteiger partial charge on any atom is -0.393 e. The van der Waals surface area contributed by atoms with E-state index >= 15 is 0 Å². The van der Waals surface area contributed by atoms with E-state index in [2.05, 4.69) is 0 Å². The third-order valence-corrected chi connectivity index (χ3v) is 3.13. The van der Waals surface area contributed by atoms with Crippen LogP contribution in [0.15, 0.2) is 0 Å². The molecule has 3 heteroatoms. The molecule has 14 heavy (non-hydrogen) atoms. The summed E-state index contributed by atoms with van der Waals surface area (Å²) in [4.78, 5) is 0. The van der Waals surface area contributed by atoms with Crippen molar-refractivity contribution >= 4 is 0 Å². The second-order valence-electron chi connectivity index (χ2n) is 4.16. The second kappa shape index (κ2) is 6.38. The van der Waals surface area contributed by atoms with Crippen LogP contribution in [0.1, 0.15) is 40.5 Å². The highest BCUT2D eigenvalue weighted by molar-refractivity contribution is 4.79. The number of hydrogen-bond donors (Lipinski definition) is 3. The lowest BCUT2D eigenvalue weighted by Crippen LogP contribution is -2.38. The highest BCUT2D eigenvalue weighted by atomic mass is 16.3. The van der Waals surface area contributed by atoms with Gasteiger partial charge in [-0.2, -0.15) is 0 Å². The lowest BCUT2D eigenvalue weighted by molar-refractivity contribution is -0.0450. The first-order valence-corrected chi connectivity index (χ1v) is 5.49. The van der Waals surface area contributed by atoms with Gasteiger partial charge in [0.2, 0.25) is 0 Å². The molecule has 0 fully saturated rings. The third-order valence-electron chi connectivity index (χ3n) is 3.13. The summed E-state index contributed by atoms with van der Waals surface area (Å²) in [7, 11) is 0. The fraction of sp³-hybridized carbons (Fsp3) is 1.00. The van der Waals surface area contributed by atoms with Crippen molar-refractivity contribution in [2.45, 2.75) is 58.8 Å². The van der Waals surface area contributed by atoms with E-state index in [-0.39, 0.29) is 11.8 Å². The molecule has 3 N–H and O–H groups in total. The summed E-state index contributed by atoms with van der Waals surface area (Å²) < 4.78 is 0. The predicted molar refractivity (Wildman–Crippen MR) is 56.9 cm³/mol. The van der Waals surface area contributed by atoms with Crippen molar-refractivity contribution in [3.8, 4) is 0 Å². The predicted octanol–water partition coefficient (Wildman–Crippen LogP) is 1.16. The third kappa shape index (κ3) is 3.56. The molecule has 0 heterocycles. The summed E-state index contributed by atoms with van der Waals surface area (Å²) in [5, 5.41) is 29.0. The molecule has 0 unspecified atom stereocenters. The molecular formula is C11H24O3. The molecule has 0 aromatic heterocycles. The van der Waals surface area contributed by atoms with Gasteiger partial charge < -0.3 is 15.3 Å². The average Bonchev–Trinajstić information content (AvgIpc) is 2.23. The first-order valence-electron chi connectivity index (χ1n) is 5.49. The first-order chi connectivity index (χ1) is 6.45. The molecule has 4 atom stereocenters. The van der Waals surface area contributed by atoms with Crippen LogP contribution in [0.5, 0.6) is 0 Å². The van der Waals surface area contributed by atoms with Crippen LogP contribution in [0.25, 0.3) is 0 Å². The molecule has 86 valence electrons. The van der Waals surface area contributed by atoms with Crippen molar-refractivity contribution in [3.05, 3.63) is 0 Å². The maximum absolute atomic E-state index is 9.87. The van der Waals surface area contributed by atoms with Crippen LogP contribution in [0.2, 0.25) is 0 Å². The van der Waals surface area contributed by atoms with E-state index in [0.29, 0.717) is 12.8 Å². The van der Waals surface area contributed by atoms with E-state index in [1.54, 1.807) is 0 Å². The minimum atomic E-state index is -0.639. The Labute approximate surface area is 86.8 Å². The van der Waals surface area contributed by atoms with E-state index in [4.69, 9.17) is 0 Å². The summed E-state index contributed by atoms with van der Waals surface area (Å²) in [6.45, 7) is 7.40. The van der Waals surface area contributed by atoms with Crippen LogP contribution in [-0.4, -0.2) is 33.6 Å². The molecule has 0 aliphatic carbocycles. The standard InChI is InChI=1S/C11H24O3/c1-5-9(12)7(3)11(14)8(4)10(13)6-2/h7-14H,5-6H2,1-4H3/t7-,8-,9-,10-/m1/s1. The molecule has 0 aliphatic rings. The highest BCUT2D eigenvalue weighted by Gasteiger charge is 2.29. The highest BCUT2D eigenvalue weighted by Crippen LogP contribution is 2.21. The van der Waals surface area contributed by atoms with E-state index in [1.165, 1.54) is 0 Å². The Morgan fingerprint density at radius 2 is 1.07 bits per heavy atom. The van der Waals surface area contributed by atoms with Crippen molar-refractivity contribution in [1.29, 1.82) is 0 Å². The number of aliphatic hydroxyl groups excluding tert-OH is 3. The molecule has 0 aromatic carbocycles. The Balaban J connectivity index is 4.22. The summed E-state index contributed by atoms with van der Waals surface area (Å²) in [6, 6.07) is 0. The Morgan fingerprint density at radius 1 is 0.786 bits per heavy atom. The molecule has 0 rings (SSSR count). The number of rotatable bonds is 6. The van der Waals surface area contributed by atoms with Gasteiger partial charge in [-0.05, 0) is 12.8 Å². The van der Waals surface area contributed by atoms with Crippen LogP contribution >= 0.6 is 0 Å². The molecule has 0 aliphatic heterocycles. The summed E-state index contributed by atoms with van der Waals surface area (Å²) >= 11 is 0. The summed E-state index contributed by atoms with van der Waals surface area (Å²) in [5.74, 6) is -0.368. The monoisotopic (exact) mass is 204 g/mol. The van der Waals surface area contributed by atoms with Gasteiger partial charge in [0.1, 0.15) is 0 Å². The molecule has 0 saturated heterocycles. The minimum absolute atomic E-state index is 0.184. The van der Waals surface area contributed by atoms with Crippen molar-refractivity contribution in [2.24, 2.45) is 11.8 Å². The quantitative estimate of drug-likeness (QED) is 0.608. The first kappa shape index (κ1) is 13.9. The Bertz CT molecular complexity index is 133. The SMILES string of the molecule is CC[C@@H](O)[C@@H](C)C(O)[C@H](C)[C@H](O)CC. The van der Waals surface area contributed by atoms with Crippen LogP contribution < -0.4 is 0 Å². The molecule has 0 bridgehead atoms. The van der Waals surface area contributed by atoms with Gasteiger partial charge in [-0.15, -0.1) is 0 Å². The molecular weight excluding hydrogens is 180 g/mol. The number of aliphatic hydroxyl groups is 3. The zero-order chi connectivity index (χ0) is 11.3. The largest absolute Gasteiger partial charge is 0.393 e. The van der Waals surface area contributed by atoms with Crippen molar-refractivity contribution < 1.29 is 15.3 Å². The molecule has 0 aromatic rings. The Hall–Kier alpha value is -0.120. The lowest BCUT2D eigenvalue weighted by atomic mass is 9.85. The van der Waals surface area contributed by atoms with Crippen LogP contribution in [0, 0.1) is 11.8 Å². The fourth-order valence-corrected chi connectivity index (χ4v) is 1.68. The van der Waals surface area contributed by atoms with Crippen LogP contribution in [-0.2, 0) is 0 Å². The van der Waals surface area contributed by atoms with E-state index < -0.39 is 18.3 Å². The van der Waals surface area contributed by atoms with Crippen molar-refractivity contribution in [1.82, 2.24) is 0 Å². The van der Waals surface area contributed by atoms with Crippen molar-refractivity contribution in [3.63, 3.8) is 0 Å². The van der Waals surface area contributed by atoms with Gasteiger partial charge in [0.05, 0.1) is 18.3 Å². The smallest absolute Gasteiger partial charge is 0.0640 e. The average molecular weight is 204 g/mol. The van der Waals surface area contributed by atoms with E-state index in [9.17, 15) is 15.3 Å². The second-order valence-corrected chi connectivity index (χ2v) is 4.16. The number of hydrogen-bond acceptors (Lipinski definition) is 3. The van der Waals surface area contributed by atoms with Gasteiger partial charge in [0, 0.05) is 11.8 Å². The summed E-state index contributed by atoms with van der Waals surface area (Å²) in [5.41, 5.74) is 0. The normalized spacial score (nSPS) is 20.6. The zero-order valence-electron chi connectivity index (χ0n) is 9.64. The summed E-state index contributed by atoms with van der Waals surface area (Å²) in [6.07, 6.45) is -0.353. The van der Waals surface area contributed by atoms with Crippen LogP contribution in [0.4, 0.5) is 0 Å². The molecule has 0 radical (unpaired) electrons. The van der Waals surface area contributed by atoms with Gasteiger partial charge >= 0.3 is 0 Å². The van der Waals surface area contributed by atoms with E-state index in [1.807, 2.05) is 27.7 Å². The molecule has 3 nitrogen and oxygen atoms in total. The van der Waals surface area contributed by atoms with Gasteiger partial charge in [0.25, 0.3) is 0 Å². The molecule has 0 saturated carbocycles. The maximum Gasteiger partial charge on any atom is 0.0640 e. The Kier molecular flexibility index (Phi) is 6.33. The van der Waals surface area contributed by atoms with Crippen LogP contribution in [0.3, 0.4) is 0 Å². The van der Waals surface area contributed by atoms with Gasteiger partial charge in [-0.25, -0.2) is 0 Å². The Morgan fingerprint density at radius 3 is 1.29 bits per heavy atom. The maximum atomic E-state index is 9.87. The van der Waals surface area contributed by atoms with Gasteiger partial charge in [-0.3, -0.25) is 0 Å². The zero-order valence-corrected chi connectivity index (χ0v) is 9.64. The van der Waals surface area contributed by atoms with Gasteiger partial charge in [-0.1, -0.05) is 27.7 Å². The van der Waals surface area contributed by atoms with E-state index in [0.717, 1.165) is 0 Å². The van der Waals surface area contributed by atoms with Gasteiger partial charge in [0.15, 0.2) is 0 Å². The fourth-order valence-electron chi connectivity index (χ4n) is 1.68. The van der Waals surface area contributed by atoms with Crippen molar-refractivity contribution in [2.75, 3.05) is 0 Å². The molecule has 0 amide bonds. The molecule has 0 spiro atoms. The topological polar surface area (TPSA) is 60.7 Å².